The molecule has 0 nitrogen and oxygen atoms in total. The summed E-state index contributed by atoms with van der Waals surface area (Å²) in [6.45, 7) is 4.32. The van der Waals surface area contributed by atoms with Crippen LogP contribution in [0.25, 0.3) is 0 Å². The molecule has 1 rings (SSSR count). The Balaban J connectivity index is 2.86. The lowest BCUT2D eigenvalue weighted by molar-refractivity contribution is 1.33. The Hall–Kier alpha value is 0.300. The van der Waals surface area contributed by atoms with Gasteiger partial charge in [0.1, 0.15) is 0 Å². The minimum absolute atomic E-state index is 1.15. The van der Waals surface area contributed by atoms with Gasteiger partial charge in [0.2, 0.25) is 0 Å². The summed E-state index contributed by atoms with van der Waals surface area (Å²) in [5.74, 6) is 1.15. The van der Waals surface area contributed by atoms with Crippen LogP contribution in [0.15, 0.2) is 23.1 Å². The fraction of sp³-hybridized carbons (Fsp3) is 0.333. The minimum Gasteiger partial charge on any atom is -0.126 e. The van der Waals surface area contributed by atoms with Crippen LogP contribution in [-0.2, 0) is 0 Å². The third kappa shape index (κ3) is 2.67. The minimum atomic E-state index is 1.15. The molecule has 1 aromatic carbocycles. The van der Waals surface area contributed by atoms with Gasteiger partial charge in [-0.3, -0.25) is 0 Å². The quantitative estimate of drug-likeness (QED) is 0.587. The lowest BCUT2D eigenvalue weighted by atomic mass is 10.2. The normalized spacial score (nSPS) is 10.1. The van der Waals surface area contributed by atoms with Crippen LogP contribution in [0.3, 0.4) is 0 Å². The molecule has 0 aromatic heterocycles. The molecule has 0 bridgehead atoms. The summed E-state index contributed by atoms with van der Waals surface area (Å²) in [5.41, 5.74) is 1.37. The number of thioether (sulfide) groups is 1. The highest BCUT2D eigenvalue weighted by atomic mass is 127. The molecule has 0 radical (unpaired) electrons. The van der Waals surface area contributed by atoms with Gasteiger partial charge >= 0.3 is 0 Å². The Bertz CT molecular complexity index is 245. The molecule has 0 N–H and O–H groups in total. The molecule has 11 heavy (non-hydrogen) atoms. The maximum Gasteiger partial charge on any atom is 0.0170 e. The van der Waals surface area contributed by atoms with Crippen LogP contribution >= 0.6 is 34.4 Å². The van der Waals surface area contributed by atoms with Crippen LogP contribution in [0.4, 0.5) is 0 Å². The summed E-state index contributed by atoms with van der Waals surface area (Å²) in [4.78, 5) is 1.38. The average molecular weight is 278 g/mol. The second kappa shape index (κ2) is 4.36. The van der Waals surface area contributed by atoms with Gasteiger partial charge in [0.05, 0.1) is 0 Å². The van der Waals surface area contributed by atoms with Gasteiger partial charge in [0.15, 0.2) is 0 Å². The molecule has 0 atom stereocenters. The van der Waals surface area contributed by atoms with Gasteiger partial charge in [0.25, 0.3) is 0 Å². The average Bonchev–Trinajstić information content (AvgIpc) is 1.98. The van der Waals surface area contributed by atoms with Crippen LogP contribution < -0.4 is 0 Å². The highest BCUT2D eigenvalue weighted by molar-refractivity contribution is 14.1. The van der Waals surface area contributed by atoms with Crippen molar-refractivity contribution in [3.63, 3.8) is 0 Å². The van der Waals surface area contributed by atoms with Crippen molar-refractivity contribution in [1.29, 1.82) is 0 Å². The van der Waals surface area contributed by atoms with Crippen molar-refractivity contribution in [2.75, 3.05) is 5.75 Å². The molecule has 1 aromatic rings. The van der Waals surface area contributed by atoms with Crippen molar-refractivity contribution in [3.8, 4) is 0 Å². The molecule has 0 aliphatic heterocycles. The van der Waals surface area contributed by atoms with E-state index in [2.05, 4.69) is 54.6 Å². The predicted molar refractivity (Wildman–Crippen MR) is 60.3 cm³/mol. The first-order valence-corrected chi connectivity index (χ1v) is 5.69. The van der Waals surface area contributed by atoms with Crippen molar-refractivity contribution in [2.24, 2.45) is 0 Å². The molecular formula is C9H11IS. The lowest BCUT2D eigenvalue weighted by Gasteiger charge is -2.01. The standard InChI is InChI=1S/C9H11IS/c1-3-11-8-5-4-7(2)9(10)6-8/h4-6H,3H2,1-2H3. The molecule has 60 valence electrons. The summed E-state index contributed by atoms with van der Waals surface area (Å²) in [6.07, 6.45) is 0. The van der Waals surface area contributed by atoms with Crippen LogP contribution in [0.1, 0.15) is 12.5 Å². The Kier molecular flexibility index (Phi) is 3.72. The van der Waals surface area contributed by atoms with Crippen LogP contribution in [-0.4, -0.2) is 5.75 Å². The summed E-state index contributed by atoms with van der Waals surface area (Å²) in [5, 5.41) is 0. The predicted octanol–water partition coefficient (Wildman–Crippen LogP) is 3.71. The van der Waals surface area contributed by atoms with Gasteiger partial charge in [0, 0.05) is 8.47 Å². The second-order valence-corrected chi connectivity index (χ2v) is 4.84. The zero-order valence-corrected chi connectivity index (χ0v) is 9.70. The number of aryl methyl sites for hydroxylation is 1. The smallest absolute Gasteiger partial charge is 0.0170 e. The molecule has 0 spiro atoms. The molecule has 0 unspecified atom stereocenters. The Morgan fingerprint density at radius 1 is 1.45 bits per heavy atom. The van der Waals surface area contributed by atoms with Crippen LogP contribution in [0.5, 0.6) is 0 Å². The summed E-state index contributed by atoms with van der Waals surface area (Å²) in [7, 11) is 0. The fourth-order valence-corrected chi connectivity index (χ4v) is 2.26. The van der Waals surface area contributed by atoms with E-state index in [4.69, 9.17) is 0 Å². The first-order chi connectivity index (χ1) is 5.24. The van der Waals surface area contributed by atoms with Gasteiger partial charge < -0.3 is 0 Å². The summed E-state index contributed by atoms with van der Waals surface area (Å²) in [6, 6.07) is 6.61. The fourth-order valence-electron chi connectivity index (χ4n) is 0.830. The van der Waals surface area contributed by atoms with Crippen molar-refractivity contribution in [1.82, 2.24) is 0 Å². The molecule has 0 saturated heterocycles. The molecule has 0 fully saturated rings. The van der Waals surface area contributed by atoms with Gasteiger partial charge in [-0.25, -0.2) is 0 Å². The molecule has 2 heteroatoms. The number of hydrogen-bond donors (Lipinski definition) is 0. The Labute approximate surface area is 85.9 Å². The van der Waals surface area contributed by atoms with E-state index in [1.165, 1.54) is 14.0 Å². The second-order valence-electron chi connectivity index (χ2n) is 2.34. The van der Waals surface area contributed by atoms with Crippen molar-refractivity contribution in [3.05, 3.63) is 27.3 Å². The van der Waals surface area contributed by atoms with Gasteiger partial charge in [-0.1, -0.05) is 13.0 Å². The first-order valence-electron chi connectivity index (χ1n) is 3.63. The number of benzene rings is 1. The largest absolute Gasteiger partial charge is 0.126 e. The van der Waals surface area contributed by atoms with E-state index < -0.39 is 0 Å². The topological polar surface area (TPSA) is 0 Å². The summed E-state index contributed by atoms with van der Waals surface area (Å²) >= 11 is 4.27. The molecule has 0 amide bonds. The van der Waals surface area contributed by atoms with Crippen molar-refractivity contribution in [2.45, 2.75) is 18.7 Å². The maximum absolute atomic E-state index is 2.38. The van der Waals surface area contributed by atoms with Gasteiger partial charge in [-0.15, -0.1) is 11.8 Å². The Morgan fingerprint density at radius 3 is 2.73 bits per heavy atom. The molecule has 0 saturated carbocycles. The van der Waals surface area contributed by atoms with Gasteiger partial charge in [-0.2, -0.15) is 0 Å². The third-order valence-corrected chi connectivity index (χ3v) is 3.49. The zero-order valence-electron chi connectivity index (χ0n) is 6.73. The van der Waals surface area contributed by atoms with Crippen LogP contribution in [0.2, 0.25) is 0 Å². The van der Waals surface area contributed by atoms with E-state index in [1.807, 2.05) is 11.8 Å². The van der Waals surface area contributed by atoms with Crippen molar-refractivity contribution >= 4 is 34.4 Å². The van der Waals surface area contributed by atoms with E-state index in [0.717, 1.165) is 5.75 Å². The lowest BCUT2D eigenvalue weighted by Crippen LogP contribution is -1.80. The maximum atomic E-state index is 2.38. The van der Waals surface area contributed by atoms with E-state index in [9.17, 15) is 0 Å². The molecule has 0 aliphatic carbocycles. The van der Waals surface area contributed by atoms with E-state index in [-0.39, 0.29) is 0 Å². The molecular weight excluding hydrogens is 267 g/mol. The molecule has 0 aliphatic rings. The van der Waals surface area contributed by atoms with E-state index >= 15 is 0 Å². The number of halogens is 1. The number of hydrogen-bond acceptors (Lipinski definition) is 1. The van der Waals surface area contributed by atoms with E-state index in [0.29, 0.717) is 0 Å². The highest BCUT2D eigenvalue weighted by Crippen LogP contribution is 2.21. The third-order valence-electron chi connectivity index (χ3n) is 1.45. The zero-order chi connectivity index (χ0) is 8.27. The molecule has 0 heterocycles. The highest BCUT2D eigenvalue weighted by Gasteiger charge is 1.95. The number of rotatable bonds is 2. The summed E-state index contributed by atoms with van der Waals surface area (Å²) < 4.78 is 1.36. The van der Waals surface area contributed by atoms with Crippen molar-refractivity contribution < 1.29 is 0 Å². The van der Waals surface area contributed by atoms with E-state index in [1.54, 1.807) is 0 Å². The SMILES string of the molecule is CCSc1ccc(C)c(I)c1. The van der Waals surface area contributed by atoms with Crippen LogP contribution in [0, 0.1) is 10.5 Å². The first kappa shape index (κ1) is 9.39. The Morgan fingerprint density at radius 2 is 2.18 bits per heavy atom. The monoisotopic (exact) mass is 278 g/mol. The van der Waals surface area contributed by atoms with Gasteiger partial charge in [-0.05, 0) is 53.0 Å².